The summed E-state index contributed by atoms with van der Waals surface area (Å²) >= 11 is 0. The maximum absolute atomic E-state index is 12.5. The third-order valence-corrected chi connectivity index (χ3v) is 4.66. The average Bonchev–Trinajstić information content (AvgIpc) is 2.60. The van der Waals surface area contributed by atoms with E-state index in [9.17, 15) is 13.2 Å². The van der Waals surface area contributed by atoms with Gasteiger partial charge in [0, 0.05) is 17.9 Å². The average molecular weight is 363 g/mol. The zero-order valence-corrected chi connectivity index (χ0v) is 14.9. The normalized spacial score (nSPS) is 10.8. The molecule has 134 valence electrons. The van der Waals surface area contributed by atoms with Crippen molar-refractivity contribution in [2.24, 2.45) is 0 Å². The van der Waals surface area contributed by atoms with Crippen molar-refractivity contribution in [1.82, 2.24) is 5.32 Å². The Hall–Kier alpha value is -2.74. The molecule has 25 heavy (non-hydrogen) atoms. The molecular formula is C17H21N3O4S. The van der Waals surface area contributed by atoms with E-state index in [2.05, 4.69) is 15.4 Å². The molecule has 0 unspecified atom stereocenters. The summed E-state index contributed by atoms with van der Waals surface area (Å²) in [7, 11) is -2.23. The highest BCUT2D eigenvalue weighted by atomic mass is 32.2. The van der Waals surface area contributed by atoms with Crippen LogP contribution in [0.5, 0.6) is 5.75 Å². The molecule has 0 aliphatic carbocycles. The summed E-state index contributed by atoms with van der Waals surface area (Å²) in [5.74, 6) is 0.632. The first kappa shape index (κ1) is 18.6. The molecule has 0 aliphatic rings. The molecule has 2 aromatic carbocycles. The largest absolute Gasteiger partial charge is 0.497 e. The first-order chi connectivity index (χ1) is 11.9. The van der Waals surface area contributed by atoms with E-state index in [1.54, 1.807) is 36.4 Å². The number of hydrogen-bond donors (Lipinski definition) is 3. The number of amides is 2. The van der Waals surface area contributed by atoms with Crippen LogP contribution in [0.4, 0.5) is 16.2 Å². The number of hydrogen-bond acceptors (Lipinski definition) is 4. The number of carbonyl (C=O) groups is 1. The highest BCUT2D eigenvalue weighted by Gasteiger charge is 2.15. The Labute approximate surface area is 147 Å². The van der Waals surface area contributed by atoms with Gasteiger partial charge in [-0.3, -0.25) is 4.72 Å². The molecule has 0 spiro atoms. The van der Waals surface area contributed by atoms with Crippen LogP contribution in [0.2, 0.25) is 0 Å². The van der Waals surface area contributed by atoms with Gasteiger partial charge < -0.3 is 15.4 Å². The van der Waals surface area contributed by atoms with Crippen LogP contribution in [-0.2, 0) is 10.0 Å². The van der Waals surface area contributed by atoms with Crippen LogP contribution in [0, 0.1) is 0 Å². The molecule has 7 nitrogen and oxygen atoms in total. The van der Waals surface area contributed by atoms with E-state index >= 15 is 0 Å². The number of carbonyl (C=O) groups excluding carboxylic acids is 1. The fourth-order valence-electron chi connectivity index (χ4n) is 2.03. The molecule has 0 radical (unpaired) electrons. The highest BCUT2D eigenvalue weighted by Crippen LogP contribution is 2.21. The fourth-order valence-corrected chi connectivity index (χ4v) is 3.13. The Morgan fingerprint density at radius 2 is 1.80 bits per heavy atom. The smallest absolute Gasteiger partial charge is 0.319 e. The Morgan fingerprint density at radius 1 is 1.08 bits per heavy atom. The Morgan fingerprint density at radius 3 is 2.44 bits per heavy atom. The van der Waals surface area contributed by atoms with Crippen LogP contribution in [0.3, 0.4) is 0 Å². The van der Waals surface area contributed by atoms with Gasteiger partial charge in [-0.15, -0.1) is 0 Å². The van der Waals surface area contributed by atoms with E-state index in [0.717, 1.165) is 6.42 Å². The van der Waals surface area contributed by atoms with E-state index in [1.807, 2.05) is 6.92 Å². The number of urea groups is 1. The van der Waals surface area contributed by atoms with Crippen molar-refractivity contribution in [2.75, 3.05) is 23.7 Å². The summed E-state index contributed by atoms with van der Waals surface area (Å²) in [5, 5.41) is 5.27. The van der Waals surface area contributed by atoms with Crippen LogP contribution in [0.1, 0.15) is 13.3 Å². The second kappa shape index (κ2) is 8.39. The molecule has 0 atom stereocenters. The first-order valence-electron chi connectivity index (χ1n) is 7.76. The lowest BCUT2D eigenvalue weighted by Crippen LogP contribution is -2.29. The number of sulfonamides is 1. The lowest BCUT2D eigenvalue weighted by molar-refractivity contribution is 0.252. The molecule has 0 saturated heterocycles. The summed E-state index contributed by atoms with van der Waals surface area (Å²) in [5.41, 5.74) is 0.811. The van der Waals surface area contributed by atoms with Gasteiger partial charge in [-0.1, -0.05) is 13.0 Å². The van der Waals surface area contributed by atoms with Gasteiger partial charge in [0.05, 0.1) is 12.0 Å². The molecule has 2 rings (SSSR count). The maximum Gasteiger partial charge on any atom is 0.319 e. The van der Waals surface area contributed by atoms with Gasteiger partial charge in [-0.25, -0.2) is 13.2 Å². The highest BCUT2D eigenvalue weighted by molar-refractivity contribution is 7.92. The van der Waals surface area contributed by atoms with Gasteiger partial charge in [0.1, 0.15) is 5.75 Å². The molecule has 0 heterocycles. The number of anilines is 2. The van der Waals surface area contributed by atoms with Crippen LogP contribution in [-0.4, -0.2) is 28.1 Å². The molecule has 2 amide bonds. The summed E-state index contributed by atoms with van der Waals surface area (Å²) in [6, 6.07) is 12.2. The van der Waals surface area contributed by atoms with Gasteiger partial charge in [-0.2, -0.15) is 0 Å². The van der Waals surface area contributed by atoms with E-state index in [1.165, 1.54) is 19.2 Å². The van der Waals surface area contributed by atoms with Gasteiger partial charge in [0.15, 0.2) is 0 Å². The Kier molecular flexibility index (Phi) is 6.24. The van der Waals surface area contributed by atoms with Crippen molar-refractivity contribution < 1.29 is 17.9 Å². The molecule has 8 heteroatoms. The topological polar surface area (TPSA) is 96.5 Å². The molecule has 0 fully saturated rings. The Balaban J connectivity index is 2.13. The SMILES string of the molecule is CCCNC(=O)Nc1cccc(S(=O)(=O)Nc2ccc(OC)cc2)c1. The fraction of sp³-hybridized carbons (Fsp3) is 0.235. The number of methoxy groups -OCH3 is 1. The van der Waals surface area contributed by atoms with Crippen molar-refractivity contribution >= 4 is 27.4 Å². The van der Waals surface area contributed by atoms with Crippen molar-refractivity contribution in [3.63, 3.8) is 0 Å². The number of ether oxygens (including phenoxy) is 1. The zero-order valence-electron chi connectivity index (χ0n) is 14.1. The second-order valence-electron chi connectivity index (χ2n) is 5.24. The van der Waals surface area contributed by atoms with E-state index in [-0.39, 0.29) is 10.9 Å². The molecule has 0 aromatic heterocycles. The van der Waals surface area contributed by atoms with Gasteiger partial charge >= 0.3 is 6.03 Å². The number of rotatable bonds is 7. The van der Waals surface area contributed by atoms with Crippen molar-refractivity contribution in [3.05, 3.63) is 48.5 Å². The van der Waals surface area contributed by atoms with Crippen LogP contribution >= 0.6 is 0 Å². The van der Waals surface area contributed by atoms with Crippen LogP contribution < -0.4 is 20.1 Å². The summed E-state index contributed by atoms with van der Waals surface area (Å²) in [4.78, 5) is 11.7. The lowest BCUT2D eigenvalue weighted by atomic mass is 10.3. The van der Waals surface area contributed by atoms with Crippen molar-refractivity contribution in [3.8, 4) is 5.75 Å². The minimum atomic E-state index is -3.77. The molecule has 0 bridgehead atoms. The Bertz CT molecular complexity index is 820. The summed E-state index contributed by atoms with van der Waals surface area (Å²) < 4.78 is 32.5. The third kappa shape index (κ3) is 5.39. The number of nitrogens with one attached hydrogen (secondary N) is 3. The minimum absolute atomic E-state index is 0.0524. The van der Waals surface area contributed by atoms with Gasteiger partial charge in [-0.05, 0) is 48.9 Å². The first-order valence-corrected chi connectivity index (χ1v) is 9.24. The standard InChI is InChI=1S/C17H21N3O4S/c1-3-11-18-17(21)19-14-5-4-6-16(12-14)25(22,23)20-13-7-9-15(24-2)10-8-13/h4-10,12,20H,3,11H2,1-2H3,(H2,18,19,21). The van der Waals surface area contributed by atoms with Crippen molar-refractivity contribution in [2.45, 2.75) is 18.2 Å². The maximum atomic E-state index is 12.5. The molecular weight excluding hydrogens is 342 g/mol. The van der Waals surface area contributed by atoms with Gasteiger partial charge in [0.2, 0.25) is 0 Å². The molecule has 0 aliphatic heterocycles. The monoisotopic (exact) mass is 363 g/mol. The van der Waals surface area contributed by atoms with Gasteiger partial charge in [0.25, 0.3) is 10.0 Å². The second-order valence-corrected chi connectivity index (χ2v) is 6.93. The third-order valence-electron chi connectivity index (χ3n) is 3.28. The molecule has 2 aromatic rings. The zero-order chi connectivity index (χ0) is 18.3. The molecule has 3 N–H and O–H groups in total. The minimum Gasteiger partial charge on any atom is -0.497 e. The quantitative estimate of drug-likeness (QED) is 0.704. The number of benzene rings is 2. The van der Waals surface area contributed by atoms with E-state index in [4.69, 9.17) is 4.74 Å². The van der Waals surface area contributed by atoms with Crippen molar-refractivity contribution in [1.29, 1.82) is 0 Å². The van der Waals surface area contributed by atoms with Crippen LogP contribution in [0.25, 0.3) is 0 Å². The van der Waals surface area contributed by atoms with Crippen LogP contribution in [0.15, 0.2) is 53.4 Å². The predicted octanol–water partition coefficient (Wildman–Crippen LogP) is 3.03. The summed E-state index contributed by atoms with van der Waals surface area (Å²) in [6.07, 6.45) is 0.813. The summed E-state index contributed by atoms with van der Waals surface area (Å²) in [6.45, 7) is 2.49. The predicted molar refractivity (Wildman–Crippen MR) is 97.6 cm³/mol. The molecule has 0 saturated carbocycles. The van der Waals surface area contributed by atoms with E-state index < -0.39 is 10.0 Å². The lowest BCUT2D eigenvalue weighted by Gasteiger charge is -2.11. The van der Waals surface area contributed by atoms with E-state index in [0.29, 0.717) is 23.7 Å².